The molecule has 0 radical (unpaired) electrons. The third-order valence-electron chi connectivity index (χ3n) is 8.00. The van der Waals surface area contributed by atoms with E-state index in [1.54, 1.807) is 0 Å². The fourth-order valence-corrected chi connectivity index (χ4v) is 6.59. The third kappa shape index (κ3) is 13.3. The molecular formula is C36H60N4O3S. The lowest BCUT2D eigenvalue weighted by atomic mass is 9.85. The smallest absolute Gasteiger partial charge is 0.270 e. The summed E-state index contributed by atoms with van der Waals surface area (Å²) in [5, 5.41) is 5.90. The summed E-state index contributed by atoms with van der Waals surface area (Å²) in [6.07, 6.45) is 8.93. The summed E-state index contributed by atoms with van der Waals surface area (Å²) >= 11 is 1.47. The standard InChI is InChI=1S/C36H60N4O3S/c1-9-12-14-15-21-40(33(41)16-13-10-2)31(26(4)5)23-32(43-11-3)35-39-30(25-44-35)34(42)38-29(24-36(6,7)8)22-27-17-19-28(37)20-18-27/h17-20,25-26,29,31-32H,9-16,21-24,37H2,1-8H3,(H,38,42). The van der Waals surface area contributed by atoms with Gasteiger partial charge in [0, 0.05) is 49.1 Å². The van der Waals surface area contributed by atoms with E-state index in [4.69, 9.17) is 15.5 Å². The summed E-state index contributed by atoms with van der Waals surface area (Å²) in [6, 6.07) is 7.85. The first kappa shape index (κ1) is 37.7. The summed E-state index contributed by atoms with van der Waals surface area (Å²) in [5.74, 6) is 0.339. The van der Waals surface area contributed by atoms with E-state index in [-0.39, 0.29) is 41.3 Å². The zero-order valence-corrected chi connectivity index (χ0v) is 29.6. The zero-order valence-electron chi connectivity index (χ0n) is 28.8. The van der Waals surface area contributed by atoms with Crippen LogP contribution < -0.4 is 11.1 Å². The van der Waals surface area contributed by atoms with E-state index in [9.17, 15) is 9.59 Å². The van der Waals surface area contributed by atoms with Crippen molar-refractivity contribution in [3.8, 4) is 0 Å². The predicted molar refractivity (Wildman–Crippen MR) is 185 cm³/mol. The molecule has 0 spiro atoms. The Morgan fingerprint density at radius 2 is 1.70 bits per heavy atom. The number of hydrogen-bond acceptors (Lipinski definition) is 6. The number of unbranched alkanes of at least 4 members (excludes halogenated alkanes) is 4. The van der Waals surface area contributed by atoms with Crippen LogP contribution in [0.25, 0.3) is 0 Å². The summed E-state index contributed by atoms with van der Waals surface area (Å²) in [6.45, 7) is 18.6. The van der Waals surface area contributed by atoms with Crippen molar-refractivity contribution >= 4 is 28.8 Å². The molecule has 0 saturated carbocycles. The molecular weight excluding hydrogens is 568 g/mol. The van der Waals surface area contributed by atoms with Gasteiger partial charge < -0.3 is 20.7 Å². The van der Waals surface area contributed by atoms with Crippen LogP contribution in [0.15, 0.2) is 29.6 Å². The molecule has 0 aliphatic carbocycles. The van der Waals surface area contributed by atoms with Crippen LogP contribution in [0.1, 0.15) is 140 Å². The molecule has 0 aliphatic rings. The number of nitrogens with zero attached hydrogens (tertiary/aromatic N) is 2. The first-order valence-corrected chi connectivity index (χ1v) is 17.8. The van der Waals surface area contributed by atoms with Gasteiger partial charge in [-0.05, 0) is 61.6 Å². The van der Waals surface area contributed by atoms with Gasteiger partial charge in [-0.1, -0.05) is 86.3 Å². The second-order valence-corrected chi connectivity index (χ2v) is 14.6. The maximum Gasteiger partial charge on any atom is 0.270 e. The Morgan fingerprint density at radius 3 is 2.30 bits per heavy atom. The number of amides is 2. The highest BCUT2D eigenvalue weighted by Crippen LogP contribution is 2.31. The van der Waals surface area contributed by atoms with Crippen molar-refractivity contribution in [2.75, 3.05) is 18.9 Å². The topological polar surface area (TPSA) is 97.5 Å². The zero-order chi connectivity index (χ0) is 32.7. The molecule has 2 amide bonds. The molecule has 1 aromatic carbocycles. The lowest BCUT2D eigenvalue weighted by molar-refractivity contribution is -0.135. The van der Waals surface area contributed by atoms with Crippen LogP contribution in [0, 0.1) is 11.3 Å². The molecule has 2 rings (SSSR count). The third-order valence-corrected chi connectivity index (χ3v) is 8.93. The van der Waals surface area contributed by atoms with E-state index in [1.807, 2.05) is 36.6 Å². The normalized spacial score (nSPS) is 13.9. The molecule has 8 heteroatoms. The Balaban J connectivity index is 2.24. The molecule has 0 bridgehead atoms. The Morgan fingerprint density at radius 1 is 1.02 bits per heavy atom. The second kappa shape index (κ2) is 19.2. The van der Waals surface area contributed by atoms with Crippen molar-refractivity contribution in [1.29, 1.82) is 0 Å². The summed E-state index contributed by atoms with van der Waals surface area (Å²) < 4.78 is 6.26. The average Bonchev–Trinajstić information content (AvgIpc) is 3.45. The Kier molecular flexibility index (Phi) is 16.4. The molecule has 0 saturated heterocycles. The lowest BCUT2D eigenvalue weighted by Crippen LogP contribution is -2.45. The Hall–Kier alpha value is -2.45. The van der Waals surface area contributed by atoms with Crippen LogP contribution in [0.2, 0.25) is 0 Å². The predicted octanol–water partition coefficient (Wildman–Crippen LogP) is 8.59. The molecule has 248 valence electrons. The number of anilines is 1. The highest BCUT2D eigenvalue weighted by Gasteiger charge is 2.31. The molecule has 1 aromatic heterocycles. The van der Waals surface area contributed by atoms with Gasteiger partial charge in [0.25, 0.3) is 5.91 Å². The summed E-state index contributed by atoms with van der Waals surface area (Å²) in [7, 11) is 0. The lowest BCUT2D eigenvalue weighted by Gasteiger charge is -2.36. The number of carbonyl (C=O) groups excluding carboxylic acids is 2. The largest absolute Gasteiger partial charge is 0.399 e. The SMILES string of the molecule is CCCCCCN(C(=O)CCCC)C(CC(OCC)c1nc(C(=O)NC(Cc2ccc(N)cc2)CC(C)(C)C)cs1)C(C)C. The Bertz CT molecular complexity index is 1110. The van der Waals surface area contributed by atoms with Crippen LogP contribution >= 0.6 is 11.3 Å². The average molecular weight is 629 g/mol. The summed E-state index contributed by atoms with van der Waals surface area (Å²) in [4.78, 5) is 33.9. The first-order chi connectivity index (χ1) is 20.9. The van der Waals surface area contributed by atoms with Gasteiger partial charge in [-0.2, -0.15) is 0 Å². The van der Waals surface area contributed by atoms with Gasteiger partial charge in [-0.3, -0.25) is 9.59 Å². The highest BCUT2D eigenvalue weighted by atomic mass is 32.1. The van der Waals surface area contributed by atoms with Crippen LogP contribution in [0.3, 0.4) is 0 Å². The molecule has 2 aromatic rings. The maximum absolute atomic E-state index is 13.5. The number of nitrogen functional groups attached to an aromatic ring is 1. The number of nitrogens with one attached hydrogen (secondary N) is 1. The Labute approximate surface area is 271 Å². The number of nitrogens with two attached hydrogens (primary N) is 1. The monoisotopic (exact) mass is 628 g/mol. The quantitative estimate of drug-likeness (QED) is 0.113. The molecule has 7 nitrogen and oxygen atoms in total. The molecule has 3 unspecified atom stereocenters. The van der Waals surface area contributed by atoms with Crippen molar-refractivity contribution in [3.05, 3.63) is 45.9 Å². The number of aromatic nitrogens is 1. The second-order valence-electron chi connectivity index (χ2n) is 13.7. The number of ether oxygens (including phenoxy) is 1. The van der Waals surface area contributed by atoms with E-state index in [1.165, 1.54) is 24.2 Å². The van der Waals surface area contributed by atoms with Gasteiger partial charge in [-0.15, -0.1) is 11.3 Å². The molecule has 0 fully saturated rings. The van der Waals surface area contributed by atoms with Crippen LogP contribution in [0.4, 0.5) is 5.69 Å². The van der Waals surface area contributed by atoms with Crippen molar-refractivity contribution in [3.63, 3.8) is 0 Å². The van der Waals surface area contributed by atoms with Gasteiger partial charge in [0.05, 0.1) is 0 Å². The van der Waals surface area contributed by atoms with Gasteiger partial charge in [0.2, 0.25) is 5.91 Å². The number of hydrogen-bond donors (Lipinski definition) is 2. The van der Waals surface area contributed by atoms with Gasteiger partial charge >= 0.3 is 0 Å². The molecule has 1 heterocycles. The van der Waals surface area contributed by atoms with E-state index < -0.39 is 0 Å². The van der Waals surface area contributed by atoms with Crippen molar-refractivity contribution in [2.45, 2.75) is 138 Å². The summed E-state index contributed by atoms with van der Waals surface area (Å²) in [5.41, 5.74) is 8.22. The van der Waals surface area contributed by atoms with Crippen molar-refractivity contribution in [1.82, 2.24) is 15.2 Å². The fourth-order valence-electron chi connectivity index (χ4n) is 5.73. The van der Waals surface area contributed by atoms with Gasteiger partial charge in [0.1, 0.15) is 16.8 Å². The van der Waals surface area contributed by atoms with Crippen molar-refractivity contribution < 1.29 is 14.3 Å². The minimum absolute atomic E-state index is 0.0368. The fraction of sp³-hybridized carbons (Fsp3) is 0.694. The van der Waals surface area contributed by atoms with Crippen LogP contribution in [-0.4, -0.2) is 46.9 Å². The van der Waals surface area contributed by atoms with E-state index in [0.717, 1.165) is 61.3 Å². The van der Waals surface area contributed by atoms with Crippen LogP contribution in [-0.2, 0) is 16.0 Å². The van der Waals surface area contributed by atoms with E-state index >= 15 is 0 Å². The molecule has 0 aliphatic heterocycles. The molecule has 44 heavy (non-hydrogen) atoms. The molecule has 3 N–H and O–H groups in total. The van der Waals surface area contributed by atoms with Gasteiger partial charge in [-0.25, -0.2) is 4.98 Å². The van der Waals surface area contributed by atoms with Gasteiger partial charge in [0.15, 0.2) is 0 Å². The minimum Gasteiger partial charge on any atom is -0.399 e. The number of rotatable bonds is 20. The number of benzene rings is 1. The van der Waals surface area contributed by atoms with E-state index in [0.29, 0.717) is 25.1 Å². The maximum atomic E-state index is 13.5. The number of thiazole rings is 1. The van der Waals surface area contributed by atoms with Crippen LogP contribution in [0.5, 0.6) is 0 Å². The number of carbonyl (C=O) groups is 2. The minimum atomic E-state index is -0.281. The highest BCUT2D eigenvalue weighted by molar-refractivity contribution is 7.09. The first-order valence-electron chi connectivity index (χ1n) is 16.9. The van der Waals surface area contributed by atoms with Crippen molar-refractivity contribution in [2.24, 2.45) is 11.3 Å². The molecule has 3 atom stereocenters. The van der Waals surface area contributed by atoms with E-state index in [2.05, 4.69) is 58.7 Å².